The molecular formula is C13H15N5O2. The van der Waals surface area contributed by atoms with Gasteiger partial charge in [-0.25, -0.2) is 9.78 Å². The van der Waals surface area contributed by atoms with Gasteiger partial charge in [0.2, 0.25) is 0 Å². The number of carbonyl (C=O) groups is 1. The van der Waals surface area contributed by atoms with Crippen molar-refractivity contribution in [2.75, 3.05) is 0 Å². The third kappa shape index (κ3) is 2.08. The molecule has 3 N–H and O–H groups in total. The van der Waals surface area contributed by atoms with Crippen LogP contribution in [0, 0.1) is 0 Å². The number of pyridine rings is 1. The molecule has 0 saturated heterocycles. The number of rotatable bonds is 3. The summed E-state index contributed by atoms with van der Waals surface area (Å²) in [6, 6.07) is 4.02. The van der Waals surface area contributed by atoms with Gasteiger partial charge in [-0.2, -0.15) is 0 Å². The van der Waals surface area contributed by atoms with Gasteiger partial charge >= 0.3 is 5.97 Å². The van der Waals surface area contributed by atoms with Crippen molar-refractivity contribution in [1.29, 1.82) is 0 Å². The fourth-order valence-electron chi connectivity index (χ4n) is 2.01. The lowest BCUT2D eigenvalue weighted by molar-refractivity contribution is 0.0691. The molecule has 0 spiro atoms. The Morgan fingerprint density at radius 1 is 1.35 bits per heavy atom. The lowest BCUT2D eigenvalue weighted by atomic mass is 10.2. The Balaban J connectivity index is 1.97. The summed E-state index contributed by atoms with van der Waals surface area (Å²) in [4.78, 5) is 14.9. The molecule has 20 heavy (non-hydrogen) atoms. The number of carboxylic acid groups (broad SMARTS) is 1. The van der Waals surface area contributed by atoms with E-state index in [0.717, 1.165) is 11.3 Å². The number of aromatic carboxylic acids is 1. The summed E-state index contributed by atoms with van der Waals surface area (Å²) in [6.45, 7) is 4.15. The minimum atomic E-state index is -1.03. The van der Waals surface area contributed by atoms with E-state index in [4.69, 9.17) is 5.11 Å². The molecule has 3 rings (SSSR count). The lowest BCUT2D eigenvalue weighted by Gasteiger charge is -2.18. The summed E-state index contributed by atoms with van der Waals surface area (Å²) >= 11 is 0. The molecule has 1 aliphatic rings. The van der Waals surface area contributed by atoms with E-state index in [1.54, 1.807) is 10.5 Å². The first-order valence-electron chi connectivity index (χ1n) is 6.29. The monoisotopic (exact) mass is 273 g/mol. The maximum Gasteiger partial charge on any atom is 0.356 e. The summed E-state index contributed by atoms with van der Waals surface area (Å²) in [5, 5.41) is 10.9. The van der Waals surface area contributed by atoms with E-state index in [1.807, 2.05) is 23.5 Å². The van der Waals surface area contributed by atoms with Gasteiger partial charge in [-0.1, -0.05) is 0 Å². The number of hydrazine groups is 2. The molecule has 7 heteroatoms. The van der Waals surface area contributed by atoms with Gasteiger partial charge in [0.05, 0.1) is 5.70 Å². The zero-order valence-electron chi connectivity index (χ0n) is 11.2. The Labute approximate surface area is 115 Å². The van der Waals surface area contributed by atoms with Crippen LogP contribution in [0.25, 0.3) is 11.3 Å². The van der Waals surface area contributed by atoms with Gasteiger partial charge < -0.3 is 14.9 Å². The van der Waals surface area contributed by atoms with Gasteiger partial charge in [0.15, 0.2) is 5.69 Å². The van der Waals surface area contributed by atoms with E-state index in [-0.39, 0.29) is 5.69 Å². The number of aromatic nitrogens is 2. The molecule has 7 nitrogen and oxygen atoms in total. The van der Waals surface area contributed by atoms with E-state index in [9.17, 15) is 4.79 Å². The van der Waals surface area contributed by atoms with Crippen molar-refractivity contribution in [2.45, 2.75) is 19.9 Å². The molecule has 0 radical (unpaired) electrons. The van der Waals surface area contributed by atoms with E-state index in [2.05, 4.69) is 29.8 Å². The molecule has 1 aliphatic heterocycles. The van der Waals surface area contributed by atoms with Crippen LogP contribution in [0.4, 0.5) is 0 Å². The molecular weight excluding hydrogens is 258 g/mol. The average molecular weight is 273 g/mol. The first kappa shape index (κ1) is 12.5. The number of carboxylic acids is 1. The summed E-state index contributed by atoms with van der Waals surface area (Å²) in [6.07, 6.45) is 5.32. The van der Waals surface area contributed by atoms with Crippen molar-refractivity contribution < 1.29 is 9.90 Å². The average Bonchev–Trinajstić information content (AvgIpc) is 3.04. The second kappa shape index (κ2) is 4.53. The topological polar surface area (TPSA) is 81.9 Å². The molecule has 2 aromatic heterocycles. The maximum atomic E-state index is 10.9. The van der Waals surface area contributed by atoms with Crippen LogP contribution in [-0.4, -0.2) is 31.5 Å². The minimum absolute atomic E-state index is 0.0393. The van der Waals surface area contributed by atoms with Crippen molar-refractivity contribution >= 4 is 17.3 Å². The predicted octanol–water partition coefficient (Wildman–Crippen LogP) is 1.06. The third-order valence-electron chi connectivity index (χ3n) is 3.13. The molecule has 0 fully saturated rings. The highest BCUT2D eigenvalue weighted by Gasteiger charge is 2.16. The maximum absolute atomic E-state index is 10.9. The van der Waals surface area contributed by atoms with Crippen LogP contribution in [0.5, 0.6) is 0 Å². The quantitative estimate of drug-likeness (QED) is 0.776. The SMILES string of the molecule is CC(C)N1C=C(c2ccc3nc(C(=O)O)cn3c2)NN1. The van der Waals surface area contributed by atoms with E-state index < -0.39 is 5.97 Å². The van der Waals surface area contributed by atoms with E-state index >= 15 is 0 Å². The molecule has 0 bridgehead atoms. The van der Waals surface area contributed by atoms with Crippen molar-refractivity contribution in [2.24, 2.45) is 0 Å². The van der Waals surface area contributed by atoms with Crippen LogP contribution in [0.3, 0.4) is 0 Å². The second-order valence-corrected chi connectivity index (χ2v) is 4.90. The second-order valence-electron chi connectivity index (χ2n) is 4.90. The number of hydrogen-bond acceptors (Lipinski definition) is 5. The van der Waals surface area contributed by atoms with Crippen LogP contribution < -0.4 is 11.0 Å². The largest absolute Gasteiger partial charge is 0.476 e. The minimum Gasteiger partial charge on any atom is -0.476 e. The van der Waals surface area contributed by atoms with Crippen molar-refractivity contribution in [3.05, 3.63) is 42.0 Å². The van der Waals surface area contributed by atoms with Crippen LogP contribution in [0.15, 0.2) is 30.7 Å². The number of fused-ring (bicyclic) bond motifs is 1. The summed E-state index contributed by atoms with van der Waals surface area (Å²) in [7, 11) is 0. The van der Waals surface area contributed by atoms with Gasteiger partial charge in [-0.15, -0.1) is 5.53 Å². The van der Waals surface area contributed by atoms with Gasteiger partial charge in [0.1, 0.15) is 5.65 Å². The van der Waals surface area contributed by atoms with Gasteiger partial charge in [0, 0.05) is 30.2 Å². The Hall–Kier alpha value is -2.54. The fourth-order valence-corrected chi connectivity index (χ4v) is 2.01. The number of nitrogens with zero attached hydrogens (tertiary/aromatic N) is 3. The van der Waals surface area contributed by atoms with Crippen molar-refractivity contribution in [3.8, 4) is 0 Å². The van der Waals surface area contributed by atoms with Crippen molar-refractivity contribution in [3.63, 3.8) is 0 Å². The normalized spacial score (nSPS) is 14.8. The Kier molecular flexibility index (Phi) is 2.83. The fraction of sp³-hybridized carbons (Fsp3) is 0.231. The highest BCUT2D eigenvalue weighted by atomic mass is 16.4. The Morgan fingerprint density at radius 3 is 2.80 bits per heavy atom. The Morgan fingerprint density at radius 2 is 2.15 bits per heavy atom. The number of hydrogen-bond donors (Lipinski definition) is 3. The molecule has 3 heterocycles. The zero-order chi connectivity index (χ0) is 14.3. The molecule has 0 aliphatic carbocycles. The summed E-state index contributed by atoms with van der Waals surface area (Å²) in [5.74, 6) is -1.03. The van der Waals surface area contributed by atoms with Crippen molar-refractivity contribution in [1.82, 2.24) is 25.4 Å². The molecule has 0 amide bonds. The molecule has 2 aromatic rings. The number of nitrogens with one attached hydrogen (secondary N) is 2. The lowest BCUT2D eigenvalue weighted by Crippen LogP contribution is -2.40. The smallest absolute Gasteiger partial charge is 0.356 e. The zero-order valence-corrected chi connectivity index (χ0v) is 11.2. The third-order valence-corrected chi connectivity index (χ3v) is 3.13. The molecule has 0 aromatic carbocycles. The number of imidazole rings is 1. The van der Waals surface area contributed by atoms with Gasteiger partial charge in [-0.3, -0.25) is 5.01 Å². The highest BCUT2D eigenvalue weighted by molar-refractivity contribution is 5.86. The van der Waals surface area contributed by atoms with Crippen LogP contribution in [0.1, 0.15) is 29.9 Å². The van der Waals surface area contributed by atoms with Crippen LogP contribution >= 0.6 is 0 Å². The first-order chi connectivity index (χ1) is 9.54. The van der Waals surface area contributed by atoms with Crippen LogP contribution in [-0.2, 0) is 0 Å². The Bertz CT molecular complexity index is 704. The molecule has 0 unspecified atom stereocenters. The standard InChI is InChI=1S/C13H15N5O2/c1-8(2)18-7-10(15-16-18)9-3-4-12-14-11(13(19)20)6-17(12)5-9/h3-8,15-16H,1-2H3,(H,19,20). The summed E-state index contributed by atoms with van der Waals surface area (Å²) < 4.78 is 1.71. The first-order valence-corrected chi connectivity index (χ1v) is 6.29. The predicted molar refractivity (Wildman–Crippen MR) is 73.4 cm³/mol. The molecule has 104 valence electrons. The van der Waals surface area contributed by atoms with E-state index in [0.29, 0.717) is 11.7 Å². The highest BCUT2D eigenvalue weighted by Crippen LogP contribution is 2.17. The van der Waals surface area contributed by atoms with Gasteiger partial charge in [0.25, 0.3) is 0 Å². The molecule has 0 atom stereocenters. The van der Waals surface area contributed by atoms with Crippen LogP contribution in [0.2, 0.25) is 0 Å². The van der Waals surface area contributed by atoms with E-state index in [1.165, 1.54) is 6.20 Å². The summed E-state index contributed by atoms with van der Waals surface area (Å²) in [5.41, 5.74) is 8.65. The van der Waals surface area contributed by atoms with Gasteiger partial charge in [-0.05, 0) is 26.0 Å². The molecule has 0 saturated carbocycles.